The molecule has 1 aromatic carbocycles. The standard InChI is InChI=1S/C11H5ClN2O2S/c12-7-1-2-10-6(3-7)4-8(11(15)16-10)9-5-17-14-13-9/h1-5H. The van der Waals surface area contributed by atoms with Crippen molar-refractivity contribution >= 4 is 34.1 Å². The van der Waals surface area contributed by atoms with Crippen molar-refractivity contribution < 1.29 is 4.42 Å². The van der Waals surface area contributed by atoms with Crippen molar-refractivity contribution in [2.45, 2.75) is 0 Å². The number of fused-ring (bicyclic) bond motifs is 1. The summed E-state index contributed by atoms with van der Waals surface area (Å²) in [5.41, 5.74) is 0.998. The molecular weight excluding hydrogens is 260 g/mol. The van der Waals surface area contributed by atoms with Crippen LogP contribution in [0.3, 0.4) is 0 Å². The van der Waals surface area contributed by atoms with E-state index in [1.54, 1.807) is 29.6 Å². The molecule has 0 unspecified atom stereocenters. The maximum Gasteiger partial charge on any atom is 0.345 e. The Morgan fingerprint density at radius 3 is 2.94 bits per heavy atom. The smallest absolute Gasteiger partial charge is 0.345 e. The summed E-state index contributed by atoms with van der Waals surface area (Å²) in [6, 6.07) is 6.80. The van der Waals surface area contributed by atoms with Crippen LogP contribution in [0.1, 0.15) is 0 Å². The lowest BCUT2D eigenvalue weighted by molar-refractivity contribution is 0.563. The minimum atomic E-state index is -0.424. The number of nitrogens with zero attached hydrogens (tertiary/aromatic N) is 2. The van der Waals surface area contributed by atoms with Crippen LogP contribution in [0.4, 0.5) is 0 Å². The maximum atomic E-state index is 11.8. The van der Waals surface area contributed by atoms with Crippen molar-refractivity contribution in [3.8, 4) is 11.3 Å². The molecule has 0 aliphatic rings. The van der Waals surface area contributed by atoms with E-state index in [0.717, 1.165) is 5.39 Å². The molecule has 0 aliphatic heterocycles. The molecule has 0 spiro atoms. The van der Waals surface area contributed by atoms with Gasteiger partial charge in [-0.1, -0.05) is 16.1 Å². The van der Waals surface area contributed by atoms with Crippen LogP contribution in [0.5, 0.6) is 0 Å². The lowest BCUT2D eigenvalue weighted by Crippen LogP contribution is -2.02. The molecule has 0 atom stereocenters. The minimum absolute atomic E-state index is 0.397. The first-order valence-electron chi connectivity index (χ1n) is 4.75. The summed E-state index contributed by atoms with van der Waals surface area (Å²) in [6.45, 7) is 0. The summed E-state index contributed by atoms with van der Waals surface area (Å²) in [7, 11) is 0. The van der Waals surface area contributed by atoms with Gasteiger partial charge in [-0.05, 0) is 35.8 Å². The highest BCUT2D eigenvalue weighted by Gasteiger charge is 2.10. The summed E-state index contributed by atoms with van der Waals surface area (Å²) in [5, 5.41) is 6.90. The average Bonchev–Trinajstić information content (AvgIpc) is 2.82. The summed E-state index contributed by atoms with van der Waals surface area (Å²) < 4.78 is 8.92. The van der Waals surface area contributed by atoms with Crippen molar-refractivity contribution in [2.75, 3.05) is 0 Å². The second-order valence-corrected chi connectivity index (χ2v) is 4.47. The molecule has 3 aromatic rings. The third kappa shape index (κ3) is 1.83. The fourth-order valence-electron chi connectivity index (χ4n) is 1.55. The van der Waals surface area contributed by atoms with Crippen LogP contribution in [-0.4, -0.2) is 9.59 Å². The monoisotopic (exact) mass is 264 g/mol. The molecule has 4 nitrogen and oxygen atoms in total. The van der Waals surface area contributed by atoms with Crippen LogP contribution in [0.25, 0.3) is 22.2 Å². The van der Waals surface area contributed by atoms with Crippen molar-refractivity contribution in [2.24, 2.45) is 0 Å². The van der Waals surface area contributed by atoms with E-state index in [1.165, 1.54) is 11.5 Å². The summed E-state index contributed by atoms with van der Waals surface area (Å²) in [4.78, 5) is 11.8. The van der Waals surface area contributed by atoms with Gasteiger partial charge in [-0.2, -0.15) is 0 Å². The fraction of sp³-hybridized carbons (Fsp3) is 0. The molecular formula is C11H5ClN2O2S. The third-order valence-electron chi connectivity index (χ3n) is 2.33. The summed E-state index contributed by atoms with van der Waals surface area (Å²) >= 11 is 7.07. The van der Waals surface area contributed by atoms with Gasteiger partial charge in [-0.3, -0.25) is 0 Å². The van der Waals surface area contributed by atoms with Gasteiger partial charge < -0.3 is 4.42 Å². The van der Waals surface area contributed by atoms with Gasteiger partial charge in [-0.25, -0.2) is 4.79 Å². The topological polar surface area (TPSA) is 56.0 Å². The van der Waals surface area contributed by atoms with Crippen LogP contribution in [0.2, 0.25) is 5.02 Å². The number of hydrogen-bond donors (Lipinski definition) is 0. The van der Waals surface area contributed by atoms with Gasteiger partial charge >= 0.3 is 5.63 Å². The van der Waals surface area contributed by atoms with E-state index in [9.17, 15) is 4.79 Å². The van der Waals surface area contributed by atoms with Crippen molar-refractivity contribution in [3.05, 3.63) is 45.1 Å². The number of benzene rings is 1. The Bertz CT molecular complexity index is 737. The zero-order valence-corrected chi connectivity index (χ0v) is 9.96. The lowest BCUT2D eigenvalue weighted by atomic mass is 10.1. The molecule has 2 aromatic heterocycles. The normalized spacial score (nSPS) is 10.9. The first-order chi connectivity index (χ1) is 8.24. The predicted octanol–water partition coefficient (Wildman–Crippen LogP) is 2.96. The van der Waals surface area contributed by atoms with E-state index in [4.69, 9.17) is 16.0 Å². The van der Waals surface area contributed by atoms with E-state index in [-0.39, 0.29) is 0 Å². The third-order valence-corrected chi connectivity index (χ3v) is 3.07. The van der Waals surface area contributed by atoms with E-state index < -0.39 is 5.63 Å². The lowest BCUT2D eigenvalue weighted by Gasteiger charge is -1.99. The maximum absolute atomic E-state index is 11.8. The van der Waals surface area contributed by atoms with Crippen molar-refractivity contribution in [1.82, 2.24) is 9.59 Å². The second-order valence-electron chi connectivity index (χ2n) is 3.42. The van der Waals surface area contributed by atoms with Crippen molar-refractivity contribution in [1.29, 1.82) is 0 Å². The molecule has 0 bridgehead atoms. The number of rotatable bonds is 1. The molecule has 84 valence electrons. The quantitative estimate of drug-likeness (QED) is 0.634. The zero-order chi connectivity index (χ0) is 11.8. The SMILES string of the molecule is O=c1oc2ccc(Cl)cc2cc1-c1csnn1. The largest absolute Gasteiger partial charge is 0.422 e. The highest BCUT2D eigenvalue weighted by Crippen LogP contribution is 2.22. The van der Waals surface area contributed by atoms with Gasteiger partial charge in [0.05, 0.1) is 5.56 Å². The molecule has 3 rings (SSSR count). The molecule has 0 amide bonds. The van der Waals surface area contributed by atoms with E-state index in [1.807, 2.05) is 0 Å². The van der Waals surface area contributed by atoms with Crippen LogP contribution >= 0.6 is 23.1 Å². The Kier molecular flexibility index (Phi) is 2.42. The summed E-state index contributed by atoms with van der Waals surface area (Å²) in [6.07, 6.45) is 0. The van der Waals surface area contributed by atoms with E-state index in [2.05, 4.69) is 9.59 Å². The zero-order valence-electron chi connectivity index (χ0n) is 8.38. The highest BCUT2D eigenvalue weighted by molar-refractivity contribution is 7.03. The van der Waals surface area contributed by atoms with E-state index in [0.29, 0.717) is 21.9 Å². The molecule has 0 radical (unpaired) electrons. The number of aromatic nitrogens is 2. The van der Waals surface area contributed by atoms with Gasteiger partial charge in [0, 0.05) is 15.8 Å². The molecule has 0 aliphatic carbocycles. The van der Waals surface area contributed by atoms with Gasteiger partial charge in [0.1, 0.15) is 11.3 Å². The Labute approximate surface area is 105 Å². The van der Waals surface area contributed by atoms with Crippen LogP contribution in [0, 0.1) is 0 Å². The Hall–Kier alpha value is -1.72. The fourth-order valence-corrected chi connectivity index (χ4v) is 2.19. The second kappa shape index (κ2) is 3.94. The Morgan fingerprint density at radius 1 is 1.29 bits per heavy atom. The molecule has 17 heavy (non-hydrogen) atoms. The molecule has 0 fully saturated rings. The van der Waals surface area contributed by atoms with Crippen LogP contribution < -0.4 is 5.63 Å². The number of hydrogen-bond acceptors (Lipinski definition) is 5. The molecule has 2 heterocycles. The van der Waals surface area contributed by atoms with Gasteiger partial charge in [0.25, 0.3) is 0 Å². The Morgan fingerprint density at radius 2 is 2.18 bits per heavy atom. The molecule has 0 saturated heterocycles. The first-order valence-corrected chi connectivity index (χ1v) is 5.96. The van der Waals surface area contributed by atoms with Gasteiger partial charge in [0.2, 0.25) is 0 Å². The molecule has 0 N–H and O–H groups in total. The Balaban J connectivity index is 2.33. The van der Waals surface area contributed by atoms with Gasteiger partial charge in [0.15, 0.2) is 0 Å². The first kappa shape index (κ1) is 10.4. The van der Waals surface area contributed by atoms with Gasteiger partial charge in [-0.15, -0.1) is 5.10 Å². The van der Waals surface area contributed by atoms with Crippen LogP contribution in [-0.2, 0) is 0 Å². The predicted molar refractivity (Wildman–Crippen MR) is 66.4 cm³/mol. The average molecular weight is 265 g/mol. The minimum Gasteiger partial charge on any atom is -0.422 e. The molecule has 6 heteroatoms. The van der Waals surface area contributed by atoms with E-state index >= 15 is 0 Å². The number of halogens is 1. The summed E-state index contributed by atoms with van der Waals surface area (Å²) in [5.74, 6) is 0. The highest BCUT2D eigenvalue weighted by atomic mass is 35.5. The molecule has 0 saturated carbocycles. The van der Waals surface area contributed by atoms with Crippen LogP contribution in [0.15, 0.2) is 38.9 Å². The van der Waals surface area contributed by atoms with Crippen molar-refractivity contribution in [3.63, 3.8) is 0 Å².